The van der Waals surface area contributed by atoms with E-state index in [0.29, 0.717) is 0 Å². The van der Waals surface area contributed by atoms with Gasteiger partial charge in [-0.1, -0.05) is 0 Å². The highest BCUT2D eigenvalue weighted by molar-refractivity contribution is 9.10. The molecule has 0 radical (unpaired) electrons. The minimum absolute atomic E-state index is 0.0652. The summed E-state index contributed by atoms with van der Waals surface area (Å²) in [5.41, 5.74) is 1.03. The van der Waals surface area contributed by atoms with Crippen LogP contribution < -0.4 is 10.6 Å². The third-order valence-electron chi connectivity index (χ3n) is 2.64. The number of hydrogen-bond donors (Lipinski definition) is 2. The summed E-state index contributed by atoms with van der Waals surface area (Å²) < 4.78 is 0.948. The van der Waals surface area contributed by atoms with E-state index in [1.165, 1.54) is 0 Å². The Bertz CT molecular complexity index is 408. The molecule has 16 heavy (non-hydrogen) atoms. The summed E-state index contributed by atoms with van der Waals surface area (Å²) in [6.07, 6.45) is 3.61. The van der Waals surface area contributed by atoms with Gasteiger partial charge in [0.2, 0.25) is 5.91 Å². The third kappa shape index (κ3) is 2.52. The van der Waals surface area contributed by atoms with Crippen molar-refractivity contribution >= 4 is 27.7 Å². The second kappa shape index (κ2) is 4.82. The molecule has 1 unspecified atom stereocenters. The smallest absolute Gasteiger partial charge is 0.242 e. The number of nitrogens with one attached hydrogen (secondary N) is 2. The zero-order valence-corrected chi connectivity index (χ0v) is 10.7. The zero-order chi connectivity index (χ0) is 11.5. The van der Waals surface area contributed by atoms with E-state index in [-0.39, 0.29) is 11.9 Å². The molecule has 4 nitrogen and oxygen atoms in total. The first-order valence-electron chi connectivity index (χ1n) is 5.33. The minimum Gasteiger partial charge on any atom is -0.358 e. The van der Waals surface area contributed by atoms with Crippen LogP contribution in [-0.2, 0) is 4.79 Å². The molecule has 2 heterocycles. The maximum atomic E-state index is 11.6. The Morgan fingerprint density at radius 3 is 3.12 bits per heavy atom. The molecule has 1 fully saturated rings. The van der Waals surface area contributed by atoms with Gasteiger partial charge in [-0.15, -0.1) is 0 Å². The Morgan fingerprint density at radius 2 is 2.44 bits per heavy atom. The molecule has 86 valence electrons. The maximum Gasteiger partial charge on any atom is 0.242 e. The van der Waals surface area contributed by atoms with Crippen molar-refractivity contribution in [1.82, 2.24) is 10.3 Å². The molecule has 1 saturated heterocycles. The Hall–Kier alpha value is -1.10. The van der Waals surface area contributed by atoms with Crippen LogP contribution in [0.2, 0.25) is 0 Å². The van der Waals surface area contributed by atoms with Crippen molar-refractivity contribution in [2.75, 3.05) is 11.9 Å². The number of rotatable bonds is 2. The van der Waals surface area contributed by atoms with E-state index in [4.69, 9.17) is 0 Å². The highest BCUT2D eigenvalue weighted by Gasteiger charge is 2.22. The number of aryl methyl sites for hydroxylation is 1. The molecule has 1 aliphatic rings. The van der Waals surface area contributed by atoms with Crippen LogP contribution in [0.4, 0.5) is 5.82 Å². The van der Waals surface area contributed by atoms with Crippen LogP contribution in [0.3, 0.4) is 0 Å². The summed E-state index contributed by atoms with van der Waals surface area (Å²) in [5, 5.41) is 6.03. The van der Waals surface area contributed by atoms with Crippen LogP contribution in [0.1, 0.15) is 18.4 Å². The molecule has 2 N–H and O–H groups in total. The number of hydrogen-bond acceptors (Lipinski definition) is 3. The second-order valence-electron chi connectivity index (χ2n) is 3.95. The molecule has 1 amide bonds. The zero-order valence-electron chi connectivity index (χ0n) is 9.09. The molecule has 0 bridgehead atoms. The molecule has 0 saturated carbocycles. The van der Waals surface area contributed by atoms with E-state index in [1.54, 1.807) is 6.20 Å². The second-order valence-corrected chi connectivity index (χ2v) is 4.86. The topological polar surface area (TPSA) is 54.0 Å². The monoisotopic (exact) mass is 283 g/mol. The van der Waals surface area contributed by atoms with Gasteiger partial charge in [-0.2, -0.15) is 0 Å². The summed E-state index contributed by atoms with van der Waals surface area (Å²) in [6.45, 7) is 2.75. The standard InChI is InChI=1S/C11H14BrN3O/c1-7-5-8(12)6-14-10(7)15-9-3-2-4-13-11(9)16/h5-6,9H,2-4H2,1H3,(H,13,16)(H,14,15). The predicted octanol–water partition coefficient (Wildman–Crippen LogP) is 1.84. The van der Waals surface area contributed by atoms with E-state index in [0.717, 1.165) is 35.2 Å². The fourth-order valence-electron chi connectivity index (χ4n) is 1.77. The summed E-state index contributed by atoms with van der Waals surface area (Å²) in [5.74, 6) is 0.848. The van der Waals surface area contributed by atoms with Gasteiger partial charge in [0.05, 0.1) is 0 Å². The first-order chi connectivity index (χ1) is 7.66. The Kier molecular flexibility index (Phi) is 3.43. The van der Waals surface area contributed by atoms with Crippen molar-refractivity contribution < 1.29 is 4.79 Å². The predicted molar refractivity (Wildman–Crippen MR) is 66.3 cm³/mol. The Balaban J connectivity index is 2.10. The van der Waals surface area contributed by atoms with Crippen LogP contribution in [0, 0.1) is 6.92 Å². The van der Waals surface area contributed by atoms with Crippen LogP contribution in [0.15, 0.2) is 16.7 Å². The quantitative estimate of drug-likeness (QED) is 0.871. The van der Waals surface area contributed by atoms with Crippen LogP contribution >= 0.6 is 15.9 Å². The maximum absolute atomic E-state index is 11.6. The highest BCUT2D eigenvalue weighted by atomic mass is 79.9. The average Bonchev–Trinajstić information content (AvgIpc) is 2.25. The fraction of sp³-hybridized carbons (Fsp3) is 0.455. The molecular weight excluding hydrogens is 270 g/mol. The largest absolute Gasteiger partial charge is 0.358 e. The lowest BCUT2D eigenvalue weighted by molar-refractivity contribution is -0.123. The van der Waals surface area contributed by atoms with Crippen LogP contribution in [-0.4, -0.2) is 23.5 Å². The number of halogens is 1. The van der Waals surface area contributed by atoms with Gasteiger partial charge in [0.15, 0.2) is 0 Å². The first-order valence-corrected chi connectivity index (χ1v) is 6.12. The number of pyridine rings is 1. The third-order valence-corrected chi connectivity index (χ3v) is 3.07. The van der Waals surface area contributed by atoms with Crippen molar-refractivity contribution in [2.45, 2.75) is 25.8 Å². The van der Waals surface area contributed by atoms with Gasteiger partial charge in [-0.05, 0) is 47.3 Å². The van der Waals surface area contributed by atoms with Crippen LogP contribution in [0.25, 0.3) is 0 Å². The lowest BCUT2D eigenvalue weighted by atomic mass is 10.1. The van der Waals surface area contributed by atoms with Gasteiger partial charge in [0.1, 0.15) is 11.9 Å². The van der Waals surface area contributed by atoms with Gasteiger partial charge in [0.25, 0.3) is 0 Å². The number of aromatic nitrogens is 1. The van der Waals surface area contributed by atoms with Gasteiger partial charge < -0.3 is 10.6 Å². The number of carbonyl (C=O) groups is 1. The minimum atomic E-state index is -0.152. The normalized spacial score (nSPS) is 20.4. The summed E-state index contributed by atoms with van der Waals surface area (Å²) in [7, 11) is 0. The van der Waals surface area contributed by atoms with E-state index in [2.05, 4.69) is 31.5 Å². The van der Waals surface area contributed by atoms with Crippen molar-refractivity contribution in [3.05, 3.63) is 22.3 Å². The Labute approximate surface area is 103 Å². The molecular formula is C11H14BrN3O. The molecule has 2 rings (SSSR count). The number of anilines is 1. The van der Waals surface area contributed by atoms with Gasteiger partial charge in [-0.25, -0.2) is 4.98 Å². The van der Waals surface area contributed by atoms with E-state index < -0.39 is 0 Å². The van der Waals surface area contributed by atoms with Gasteiger partial charge >= 0.3 is 0 Å². The van der Waals surface area contributed by atoms with E-state index in [9.17, 15) is 4.79 Å². The molecule has 0 aliphatic carbocycles. The average molecular weight is 284 g/mol. The molecule has 1 aromatic heterocycles. The van der Waals surface area contributed by atoms with E-state index >= 15 is 0 Å². The van der Waals surface area contributed by atoms with Gasteiger partial charge in [0, 0.05) is 17.2 Å². The molecule has 1 aliphatic heterocycles. The molecule has 0 aromatic carbocycles. The lowest BCUT2D eigenvalue weighted by Gasteiger charge is -2.23. The molecule has 0 spiro atoms. The Morgan fingerprint density at radius 1 is 1.62 bits per heavy atom. The number of carbonyl (C=O) groups excluding carboxylic acids is 1. The van der Waals surface area contributed by atoms with Crippen molar-refractivity contribution in [1.29, 1.82) is 0 Å². The van der Waals surface area contributed by atoms with Gasteiger partial charge in [-0.3, -0.25) is 4.79 Å². The summed E-state index contributed by atoms with van der Waals surface area (Å²) >= 11 is 3.36. The van der Waals surface area contributed by atoms with Crippen molar-refractivity contribution in [2.24, 2.45) is 0 Å². The van der Waals surface area contributed by atoms with Crippen molar-refractivity contribution in [3.63, 3.8) is 0 Å². The van der Waals surface area contributed by atoms with E-state index in [1.807, 2.05) is 13.0 Å². The summed E-state index contributed by atoms with van der Waals surface area (Å²) in [4.78, 5) is 15.8. The first kappa shape index (κ1) is 11.4. The highest BCUT2D eigenvalue weighted by Crippen LogP contribution is 2.19. The van der Waals surface area contributed by atoms with Crippen LogP contribution in [0.5, 0.6) is 0 Å². The number of nitrogens with zero attached hydrogens (tertiary/aromatic N) is 1. The lowest BCUT2D eigenvalue weighted by Crippen LogP contribution is -2.44. The summed E-state index contributed by atoms with van der Waals surface area (Å²) in [6, 6.07) is 1.83. The van der Waals surface area contributed by atoms with Crippen molar-refractivity contribution in [3.8, 4) is 0 Å². The number of piperidine rings is 1. The molecule has 1 atom stereocenters. The number of amides is 1. The SMILES string of the molecule is Cc1cc(Br)cnc1NC1CCCNC1=O. The molecule has 1 aromatic rings. The molecule has 5 heteroatoms. The fourth-order valence-corrected chi connectivity index (χ4v) is 2.21.